The number of carbonyl (C=O) groups is 3. The topological polar surface area (TPSA) is 111 Å². The number of anilines is 2. The maximum Gasteiger partial charge on any atom is 0.257 e. The monoisotopic (exact) mass is 427 g/mol. The highest BCUT2D eigenvalue weighted by Crippen LogP contribution is 2.17. The molecule has 8 nitrogen and oxygen atoms in total. The first-order valence-corrected chi connectivity index (χ1v) is 9.66. The molecule has 0 aromatic heterocycles. The van der Waals surface area contributed by atoms with E-state index in [0.717, 1.165) is 11.3 Å². The fourth-order valence-electron chi connectivity index (χ4n) is 2.86. The van der Waals surface area contributed by atoms with Crippen LogP contribution in [0, 0.1) is 6.92 Å². The molecule has 1 aliphatic rings. The summed E-state index contributed by atoms with van der Waals surface area (Å²) in [5.41, 5.74) is 14.0. The number of rotatable bonds is 7. The molecule has 1 unspecified atom stereocenters. The predicted octanol–water partition coefficient (Wildman–Crippen LogP) is 2.44. The minimum absolute atomic E-state index is 0.00179. The molecule has 2 amide bonds. The number of benzene rings is 2. The molecular weight excluding hydrogens is 406 g/mol. The SMILES string of the molecule is CC(NNc1ccc(C)cc1)=C1C(=O)NC(CC(=O)NNc2ccc(Cl)cc2)C1=O. The quantitative estimate of drug-likeness (QED) is 0.263. The van der Waals surface area contributed by atoms with Gasteiger partial charge in [-0.25, -0.2) is 0 Å². The molecule has 9 heteroatoms. The Bertz CT molecular complexity index is 987. The van der Waals surface area contributed by atoms with Crippen LogP contribution in [0.5, 0.6) is 0 Å². The molecule has 2 aromatic carbocycles. The van der Waals surface area contributed by atoms with E-state index in [1.807, 2.05) is 31.2 Å². The Morgan fingerprint density at radius 1 is 0.967 bits per heavy atom. The smallest absolute Gasteiger partial charge is 0.257 e. The number of Topliss-reactive ketones (excluding diaryl/α,β-unsaturated/α-hetero) is 1. The highest BCUT2D eigenvalue weighted by atomic mass is 35.5. The van der Waals surface area contributed by atoms with E-state index >= 15 is 0 Å². The van der Waals surface area contributed by atoms with Crippen molar-refractivity contribution >= 4 is 40.6 Å². The maximum atomic E-state index is 12.6. The highest BCUT2D eigenvalue weighted by Gasteiger charge is 2.38. The van der Waals surface area contributed by atoms with Gasteiger partial charge < -0.3 is 16.2 Å². The summed E-state index contributed by atoms with van der Waals surface area (Å²) in [4.78, 5) is 37.1. The van der Waals surface area contributed by atoms with Crippen molar-refractivity contribution in [2.24, 2.45) is 0 Å². The molecule has 2 aromatic rings. The second kappa shape index (κ2) is 9.32. The third-order valence-electron chi connectivity index (χ3n) is 4.50. The zero-order valence-electron chi connectivity index (χ0n) is 16.5. The normalized spacial score (nSPS) is 17.2. The van der Waals surface area contributed by atoms with Crippen molar-refractivity contribution in [2.45, 2.75) is 26.3 Å². The zero-order valence-corrected chi connectivity index (χ0v) is 17.3. The van der Waals surface area contributed by atoms with Crippen molar-refractivity contribution in [2.75, 3.05) is 10.9 Å². The first kappa shape index (κ1) is 21.2. The molecule has 1 heterocycles. The van der Waals surface area contributed by atoms with E-state index in [-0.39, 0.29) is 12.0 Å². The molecular formula is C21H22ClN5O3. The number of nitrogens with one attached hydrogen (secondary N) is 5. The first-order chi connectivity index (χ1) is 14.3. The standard InChI is InChI=1S/C21H22ClN5O3/c1-12-3-7-15(8-4-12)25-24-13(2)19-20(29)17(23-21(19)30)11-18(28)27-26-16-9-5-14(22)6-10-16/h3-10,17,24-26H,11H2,1-2H3,(H,23,30)(H,27,28). The molecule has 156 valence electrons. The third kappa shape index (κ3) is 5.30. The number of allylic oxidation sites excluding steroid dienone is 1. The van der Waals surface area contributed by atoms with Crippen molar-refractivity contribution in [3.63, 3.8) is 0 Å². The lowest BCUT2D eigenvalue weighted by atomic mass is 10.1. The fraction of sp³-hybridized carbons (Fsp3) is 0.190. The Balaban J connectivity index is 1.56. The molecule has 30 heavy (non-hydrogen) atoms. The molecule has 0 saturated carbocycles. The Kier molecular flexibility index (Phi) is 6.58. The van der Waals surface area contributed by atoms with Gasteiger partial charge in [0.1, 0.15) is 11.6 Å². The van der Waals surface area contributed by atoms with Gasteiger partial charge in [0.2, 0.25) is 5.91 Å². The molecule has 5 N–H and O–H groups in total. The van der Waals surface area contributed by atoms with Gasteiger partial charge in [0, 0.05) is 10.7 Å². The largest absolute Gasteiger partial charge is 0.341 e. The fourth-order valence-corrected chi connectivity index (χ4v) is 2.98. The summed E-state index contributed by atoms with van der Waals surface area (Å²) >= 11 is 5.81. The second-order valence-electron chi connectivity index (χ2n) is 6.89. The molecule has 0 aliphatic carbocycles. The number of ketones is 1. The van der Waals surface area contributed by atoms with Crippen molar-refractivity contribution in [3.8, 4) is 0 Å². The summed E-state index contributed by atoms with van der Waals surface area (Å²) in [7, 11) is 0. The van der Waals surface area contributed by atoms with Crippen LogP contribution in [0.4, 0.5) is 11.4 Å². The van der Waals surface area contributed by atoms with Gasteiger partial charge in [-0.1, -0.05) is 29.3 Å². The maximum absolute atomic E-state index is 12.6. The van der Waals surface area contributed by atoms with Crippen molar-refractivity contribution < 1.29 is 14.4 Å². The predicted molar refractivity (Wildman–Crippen MR) is 115 cm³/mol. The lowest BCUT2D eigenvalue weighted by molar-refractivity contribution is -0.124. The van der Waals surface area contributed by atoms with Gasteiger partial charge >= 0.3 is 0 Å². The average Bonchev–Trinajstić information content (AvgIpc) is 3.00. The molecule has 1 saturated heterocycles. The van der Waals surface area contributed by atoms with Crippen LogP contribution in [-0.4, -0.2) is 23.6 Å². The summed E-state index contributed by atoms with van der Waals surface area (Å²) in [5, 5.41) is 3.13. The Morgan fingerprint density at radius 2 is 1.53 bits per heavy atom. The molecule has 1 atom stereocenters. The van der Waals surface area contributed by atoms with E-state index in [0.29, 0.717) is 16.4 Å². The van der Waals surface area contributed by atoms with Gasteiger partial charge in [0.25, 0.3) is 5.91 Å². The number of hydrogen-bond donors (Lipinski definition) is 5. The Morgan fingerprint density at radius 3 is 2.17 bits per heavy atom. The number of hydrazine groups is 2. The van der Waals surface area contributed by atoms with E-state index in [4.69, 9.17) is 11.6 Å². The van der Waals surface area contributed by atoms with Crippen molar-refractivity contribution in [3.05, 3.63) is 70.4 Å². The van der Waals surface area contributed by atoms with Gasteiger partial charge in [0.05, 0.1) is 17.8 Å². The molecule has 0 bridgehead atoms. The van der Waals surface area contributed by atoms with E-state index in [2.05, 4.69) is 27.0 Å². The lowest BCUT2D eigenvalue weighted by Crippen LogP contribution is -2.38. The van der Waals surface area contributed by atoms with Crippen LogP contribution < -0.4 is 27.0 Å². The van der Waals surface area contributed by atoms with Crippen LogP contribution in [0.15, 0.2) is 59.8 Å². The van der Waals surface area contributed by atoms with Crippen LogP contribution in [0.25, 0.3) is 0 Å². The highest BCUT2D eigenvalue weighted by molar-refractivity contribution is 6.30. The summed E-state index contributed by atoms with van der Waals surface area (Å²) in [6.45, 7) is 3.60. The molecule has 1 aliphatic heterocycles. The number of aryl methyl sites for hydroxylation is 1. The second-order valence-corrected chi connectivity index (χ2v) is 7.33. The van der Waals surface area contributed by atoms with E-state index in [1.54, 1.807) is 31.2 Å². The van der Waals surface area contributed by atoms with Crippen molar-refractivity contribution in [1.82, 2.24) is 16.2 Å². The molecule has 3 rings (SSSR count). The summed E-state index contributed by atoms with van der Waals surface area (Å²) in [5.74, 6) is -1.38. The van der Waals surface area contributed by atoms with E-state index < -0.39 is 23.6 Å². The lowest BCUT2D eigenvalue weighted by Gasteiger charge is -2.12. The number of hydrogen-bond acceptors (Lipinski definition) is 6. The summed E-state index contributed by atoms with van der Waals surface area (Å²) < 4.78 is 0. The zero-order chi connectivity index (χ0) is 21.7. The summed E-state index contributed by atoms with van der Waals surface area (Å²) in [6, 6.07) is 13.4. The minimum atomic E-state index is -0.921. The summed E-state index contributed by atoms with van der Waals surface area (Å²) in [6.07, 6.45) is -0.187. The van der Waals surface area contributed by atoms with E-state index in [1.165, 1.54) is 0 Å². The van der Waals surface area contributed by atoms with Crippen LogP contribution in [0.1, 0.15) is 18.9 Å². The minimum Gasteiger partial charge on any atom is -0.341 e. The molecule has 0 radical (unpaired) electrons. The van der Waals surface area contributed by atoms with Crippen molar-refractivity contribution in [1.29, 1.82) is 0 Å². The number of amides is 2. The van der Waals surface area contributed by atoms with Gasteiger partial charge in [-0.3, -0.25) is 25.2 Å². The Labute approximate surface area is 179 Å². The van der Waals surface area contributed by atoms with Crippen LogP contribution >= 0.6 is 11.6 Å². The van der Waals surface area contributed by atoms with E-state index in [9.17, 15) is 14.4 Å². The first-order valence-electron chi connectivity index (χ1n) is 9.28. The van der Waals surface area contributed by atoms with Gasteiger partial charge in [-0.2, -0.15) is 0 Å². The van der Waals surface area contributed by atoms with Crippen LogP contribution in [0.3, 0.4) is 0 Å². The molecule has 0 spiro atoms. The molecule has 1 fully saturated rings. The Hall–Kier alpha value is -3.52. The van der Waals surface area contributed by atoms with Gasteiger partial charge in [-0.05, 0) is 50.2 Å². The number of carbonyl (C=O) groups excluding carboxylic acids is 3. The van der Waals surface area contributed by atoms with Gasteiger partial charge in [-0.15, -0.1) is 0 Å². The van der Waals surface area contributed by atoms with Gasteiger partial charge in [0.15, 0.2) is 5.78 Å². The van der Waals surface area contributed by atoms with Crippen LogP contribution in [-0.2, 0) is 14.4 Å². The number of halogens is 1. The average molecular weight is 428 g/mol. The van der Waals surface area contributed by atoms with Crippen LogP contribution in [0.2, 0.25) is 5.02 Å². The third-order valence-corrected chi connectivity index (χ3v) is 4.75.